The summed E-state index contributed by atoms with van der Waals surface area (Å²) in [6.45, 7) is 3.39. The van der Waals surface area contributed by atoms with Gasteiger partial charge >= 0.3 is 0 Å². The van der Waals surface area contributed by atoms with Crippen molar-refractivity contribution >= 4 is 11.6 Å². The third kappa shape index (κ3) is 1.96. The van der Waals surface area contributed by atoms with Crippen LogP contribution in [0.15, 0.2) is 24.3 Å². The van der Waals surface area contributed by atoms with Gasteiger partial charge in [0.1, 0.15) is 6.10 Å². The second-order valence-electron chi connectivity index (χ2n) is 6.62. The van der Waals surface area contributed by atoms with E-state index in [1.54, 1.807) is 13.8 Å². The van der Waals surface area contributed by atoms with Gasteiger partial charge in [-0.25, -0.2) is 0 Å². The van der Waals surface area contributed by atoms with E-state index >= 15 is 0 Å². The number of hydrogen-bond donors (Lipinski definition) is 1. The maximum atomic E-state index is 10.9. The molecule has 0 amide bonds. The molecule has 1 aromatic rings. The van der Waals surface area contributed by atoms with Gasteiger partial charge in [0.15, 0.2) is 5.41 Å². The molecule has 0 spiro atoms. The summed E-state index contributed by atoms with van der Waals surface area (Å²) in [5.74, 6) is -2.54. The number of hydrogen-bond acceptors (Lipinski definition) is 8. The number of nitro benzene ring substituents is 1. The highest BCUT2D eigenvalue weighted by Gasteiger charge is 2.78. The molecule has 2 saturated heterocycles. The molecule has 0 unspecified atom stereocenters. The highest BCUT2D eigenvalue weighted by Crippen LogP contribution is 2.66. The number of benzene rings is 1. The van der Waals surface area contributed by atoms with Crippen molar-refractivity contribution in [2.24, 2.45) is 16.7 Å². The lowest BCUT2D eigenvalue weighted by molar-refractivity contribution is -0.384. The third-order valence-corrected chi connectivity index (χ3v) is 5.70. The van der Waals surface area contributed by atoms with Gasteiger partial charge in [0, 0.05) is 18.6 Å². The van der Waals surface area contributed by atoms with Crippen molar-refractivity contribution in [1.29, 1.82) is 21.2 Å². The molecule has 2 aliphatic heterocycles. The van der Waals surface area contributed by atoms with Crippen LogP contribution in [-0.2, 0) is 9.47 Å². The largest absolute Gasteiger partial charge is 0.447 e. The predicted octanol–water partition coefficient (Wildman–Crippen LogP) is 2.96. The number of nitrogens with one attached hydrogen (secondary N) is 1. The van der Waals surface area contributed by atoms with Gasteiger partial charge in [-0.3, -0.25) is 15.5 Å². The zero-order chi connectivity index (χ0) is 20.0. The average Bonchev–Trinajstić information content (AvgIpc) is 2.84. The monoisotopic (exact) mass is 365 g/mol. The van der Waals surface area contributed by atoms with Gasteiger partial charge in [-0.15, -0.1) is 0 Å². The summed E-state index contributed by atoms with van der Waals surface area (Å²) in [6.07, 6.45) is -0.928. The Morgan fingerprint density at radius 3 is 2.26 bits per heavy atom. The summed E-state index contributed by atoms with van der Waals surface area (Å²) in [7, 11) is 0. The van der Waals surface area contributed by atoms with Crippen LogP contribution in [0.5, 0.6) is 0 Å². The van der Waals surface area contributed by atoms with Gasteiger partial charge in [0.2, 0.25) is 17.1 Å². The molecule has 0 aromatic heterocycles. The summed E-state index contributed by atoms with van der Waals surface area (Å²) in [6, 6.07) is 11.1. The minimum atomic E-state index is -2.05. The van der Waals surface area contributed by atoms with Crippen LogP contribution in [-0.4, -0.2) is 16.6 Å². The first kappa shape index (κ1) is 18.3. The smallest absolute Gasteiger partial charge is 0.269 e. The number of non-ortho nitro benzene ring substituents is 1. The summed E-state index contributed by atoms with van der Waals surface area (Å²) in [5, 5.41) is 49.1. The molecule has 2 fully saturated rings. The average molecular weight is 365 g/mol. The molecular formula is C18H15N5O4. The molecule has 0 aliphatic carbocycles. The highest BCUT2D eigenvalue weighted by molar-refractivity contribution is 5.89. The zero-order valence-electron chi connectivity index (χ0n) is 14.6. The Morgan fingerprint density at radius 2 is 1.81 bits per heavy atom. The maximum Gasteiger partial charge on any atom is 0.269 e. The first-order valence-electron chi connectivity index (χ1n) is 8.22. The SMILES string of the molecule is CC[C@@]12OC(=N)[C@@](C#N)([C@H]1C)C(C#N)(C#N)[C@H](c1ccc([N+](=O)[O-])cc1)O2. The molecule has 3 rings (SSSR count). The Hall–Kier alpha value is -3.48. The predicted molar refractivity (Wildman–Crippen MR) is 89.6 cm³/mol. The Bertz CT molecular complexity index is 940. The van der Waals surface area contributed by atoms with Crippen molar-refractivity contribution in [1.82, 2.24) is 0 Å². The van der Waals surface area contributed by atoms with E-state index in [2.05, 4.69) is 0 Å². The van der Waals surface area contributed by atoms with Gasteiger partial charge in [0.05, 0.1) is 29.0 Å². The molecule has 0 saturated carbocycles. The van der Waals surface area contributed by atoms with Crippen LogP contribution in [0.1, 0.15) is 31.9 Å². The summed E-state index contributed by atoms with van der Waals surface area (Å²) >= 11 is 0. The molecular weight excluding hydrogens is 350 g/mol. The van der Waals surface area contributed by atoms with Crippen molar-refractivity contribution in [3.8, 4) is 18.2 Å². The fourth-order valence-electron chi connectivity index (χ4n) is 4.11. The highest BCUT2D eigenvalue weighted by atomic mass is 16.7. The van der Waals surface area contributed by atoms with Crippen molar-refractivity contribution in [2.75, 3.05) is 0 Å². The molecule has 27 heavy (non-hydrogen) atoms. The van der Waals surface area contributed by atoms with E-state index in [0.717, 1.165) is 0 Å². The van der Waals surface area contributed by atoms with E-state index < -0.39 is 39.5 Å². The van der Waals surface area contributed by atoms with Crippen LogP contribution >= 0.6 is 0 Å². The van der Waals surface area contributed by atoms with Crippen LogP contribution in [0.3, 0.4) is 0 Å². The minimum absolute atomic E-state index is 0.158. The zero-order valence-corrected chi connectivity index (χ0v) is 14.6. The van der Waals surface area contributed by atoms with E-state index in [1.165, 1.54) is 24.3 Å². The van der Waals surface area contributed by atoms with Gasteiger partial charge in [0.25, 0.3) is 5.69 Å². The number of ether oxygens (including phenoxy) is 2. The molecule has 2 aliphatic rings. The van der Waals surface area contributed by atoms with Crippen LogP contribution in [0.25, 0.3) is 0 Å². The van der Waals surface area contributed by atoms with Crippen molar-refractivity contribution in [3.63, 3.8) is 0 Å². The van der Waals surface area contributed by atoms with Gasteiger partial charge in [-0.2, -0.15) is 15.8 Å². The lowest BCUT2D eigenvalue weighted by atomic mass is 9.53. The fourth-order valence-corrected chi connectivity index (χ4v) is 4.11. The van der Waals surface area contributed by atoms with Crippen LogP contribution in [0.2, 0.25) is 0 Å². The lowest BCUT2D eigenvalue weighted by Crippen LogP contribution is -2.58. The molecule has 2 heterocycles. The molecule has 1 aromatic carbocycles. The van der Waals surface area contributed by atoms with Gasteiger partial charge in [-0.05, 0) is 17.7 Å². The first-order valence-corrected chi connectivity index (χ1v) is 8.22. The second-order valence-corrected chi connectivity index (χ2v) is 6.62. The van der Waals surface area contributed by atoms with E-state index in [1.807, 2.05) is 18.2 Å². The van der Waals surface area contributed by atoms with E-state index in [-0.39, 0.29) is 12.1 Å². The molecule has 9 nitrogen and oxygen atoms in total. The minimum Gasteiger partial charge on any atom is -0.447 e. The Kier molecular flexibility index (Phi) is 3.91. The molecule has 4 atom stereocenters. The summed E-state index contributed by atoms with van der Waals surface area (Å²) < 4.78 is 11.7. The topological polar surface area (TPSA) is 157 Å². The van der Waals surface area contributed by atoms with E-state index in [9.17, 15) is 25.9 Å². The maximum absolute atomic E-state index is 10.9. The molecule has 9 heteroatoms. The molecule has 0 radical (unpaired) electrons. The summed E-state index contributed by atoms with van der Waals surface area (Å²) in [5.41, 5.74) is -3.71. The van der Waals surface area contributed by atoms with Crippen LogP contribution in [0.4, 0.5) is 5.69 Å². The summed E-state index contributed by atoms with van der Waals surface area (Å²) in [4.78, 5) is 10.3. The second kappa shape index (κ2) is 5.77. The van der Waals surface area contributed by atoms with Crippen molar-refractivity contribution < 1.29 is 14.4 Å². The van der Waals surface area contributed by atoms with Crippen LogP contribution < -0.4 is 0 Å². The van der Waals surface area contributed by atoms with E-state index in [0.29, 0.717) is 5.56 Å². The molecule has 2 bridgehead atoms. The number of fused-ring (bicyclic) bond motifs is 2. The first-order chi connectivity index (χ1) is 12.8. The van der Waals surface area contributed by atoms with Gasteiger partial charge in [-0.1, -0.05) is 13.8 Å². The third-order valence-electron chi connectivity index (χ3n) is 5.70. The van der Waals surface area contributed by atoms with Gasteiger partial charge < -0.3 is 9.47 Å². The Morgan fingerprint density at radius 1 is 1.22 bits per heavy atom. The quantitative estimate of drug-likeness (QED) is 0.637. The Labute approximate surface area is 155 Å². The van der Waals surface area contributed by atoms with Crippen molar-refractivity contribution in [3.05, 3.63) is 39.9 Å². The van der Waals surface area contributed by atoms with Crippen LogP contribution in [0, 0.1) is 66.3 Å². The fraction of sp³-hybridized carbons (Fsp3) is 0.444. The normalized spacial score (nSPS) is 33.2. The number of nitro groups is 1. The number of rotatable bonds is 3. The number of nitriles is 3. The van der Waals surface area contributed by atoms with E-state index in [4.69, 9.17) is 14.9 Å². The Balaban J connectivity index is 2.27. The molecule has 136 valence electrons. The lowest BCUT2D eigenvalue weighted by Gasteiger charge is -2.48. The standard InChI is InChI=1S/C18H15N5O4/c1-3-18-11(2)17(10-21,15(22)27-18)16(8-19,9-20)14(26-18)12-4-6-13(7-5-12)23(24)25/h4-7,11,14,22H,3H2,1-2H3/t11-,14+,17-,18-/m1/s1. The molecule has 1 N–H and O–H groups in total. The number of nitrogens with zero attached hydrogens (tertiary/aromatic N) is 4. The van der Waals surface area contributed by atoms with Crippen molar-refractivity contribution in [2.45, 2.75) is 32.2 Å².